The molecule has 0 unspecified atom stereocenters. The second-order valence-corrected chi connectivity index (χ2v) is 2.86. The van der Waals surface area contributed by atoms with Crippen LogP contribution in [0, 0.1) is 0 Å². The van der Waals surface area contributed by atoms with Gasteiger partial charge in [0.15, 0.2) is 11.5 Å². The molecule has 0 heterocycles. The lowest BCUT2D eigenvalue weighted by Crippen LogP contribution is -1.96. The fourth-order valence-electron chi connectivity index (χ4n) is 1.02. The summed E-state index contributed by atoms with van der Waals surface area (Å²) in [7, 11) is 0. The van der Waals surface area contributed by atoms with E-state index in [1.165, 1.54) is 30.4 Å². The molecule has 0 bridgehead atoms. The predicted molar refractivity (Wildman–Crippen MR) is 55.6 cm³/mol. The smallest absolute Gasteiger partial charge is 0.335 e. The fraction of sp³-hybridized carbons (Fsp3) is 0. The van der Waals surface area contributed by atoms with E-state index in [4.69, 9.17) is 10.2 Å². The first-order valence-electron chi connectivity index (χ1n) is 4.14. The molecule has 1 aromatic rings. The van der Waals surface area contributed by atoms with Crippen LogP contribution in [0.15, 0.2) is 36.4 Å². The molecule has 78 valence electrons. The molecule has 3 N–H and O–H groups in total. The second-order valence-electron chi connectivity index (χ2n) is 2.86. The summed E-state index contributed by atoms with van der Waals surface area (Å²) in [5.74, 6) is -1.64. The maximum Gasteiger partial charge on any atom is 0.335 e. The van der Waals surface area contributed by atoms with Gasteiger partial charge in [0, 0.05) is 0 Å². The minimum atomic E-state index is -1.10. The number of rotatable bonds is 3. The molecule has 4 nitrogen and oxygen atoms in total. The first-order valence-corrected chi connectivity index (χ1v) is 4.14. The molecule has 0 saturated carbocycles. The summed E-state index contributed by atoms with van der Waals surface area (Å²) in [6, 6.07) is 4.03. The second kappa shape index (κ2) is 4.32. The van der Waals surface area contributed by atoms with Crippen molar-refractivity contribution in [1.29, 1.82) is 0 Å². The van der Waals surface area contributed by atoms with Crippen LogP contribution in [-0.4, -0.2) is 21.3 Å². The van der Waals surface area contributed by atoms with Crippen molar-refractivity contribution in [2.75, 3.05) is 0 Å². The van der Waals surface area contributed by atoms with Crippen molar-refractivity contribution in [2.24, 2.45) is 0 Å². The molecule has 0 aliphatic carbocycles. The van der Waals surface area contributed by atoms with Crippen molar-refractivity contribution < 1.29 is 20.1 Å². The van der Waals surface area contributed by atoms with E-state index in [1.807, 2.05) is 0 Å². The Labute approximate surface area is 86.4 Å². The van der Waals surface area contributed by atoms with Crippen LogP contribution in [0.25, 0.3) is 6.08 Å². The zero-order valence-electron chi connectivity index (χ0n) is 7.84. The Bertz CT molecular complexity index is 432. The summed E-state index contributed by atoms with van der Waals surface area (Å²) in [6.07, 6.45) is 2.54. The van der Waals surface area contributed by atoms with Crippen LogP contribution in [-0.2, 0) is 4.79 Å². The van der Waals surface area contributed by atoms with E-state index >= 15 is 0 Å². The van der Waals surface area contributed by atoms with Crippen LogP contribution in [0.3, 0.4) is 0 Å². The highest BCUT2D eigenvalue weighted by atomic mass is 16.4. The van der Waals surface area contributed by atoms with Crippen molar-refractivity contribution in [3.8, 4) is 11.5 Å². The van der Waals surface area contributed by atoms with Gasteiger partial charge >= 0.3 is 5.97 Å². The van der Waals surface area contributed by atoms with Gasteiger partial charge in [-0.3, -0.25) is 0 Å². The summed E-state index contributed by atoms with van der Waals surface area (Å²) in [6.45, 7) is 3.36. The zero-order chi connectivity index (χ0) is 11.4. The molecule has 1 rings (SSSR count). The zero-order valence-corrected chi connectivity index (χ0v) is 7.84. The van der Waals surface area contributed by atoms with Crippen molar-refractivity contribution in [3.05, 3.63) is 42.0 Å². The van der Waals surface area contributed by atoms with Crippen LogP contribution in [0.2, 0.25) is 0 Å². The lowest BCUT2D eigenvalue weighted by Gasteiger charge is -1.99. The number of aliphatic carboxylic acids is 1. The van der Waals surface area contributed by atoms with Gasteiger partial charge in [0.2, 0.25) is 0 Å². The molecule has 0 atom stereocenters. The van der Waals surface area contributed by atoms with E-state index in [0.29, 0.717) is 5.56 Å². The number of aromatic hydroxyl groups is 2. The van der Waals surface area contributed by atoms with Gasteiger partial charge in [-0.15, -0.1) is 0 Å². The lowest BCUT2D eigenvalue weighted by molar-refractivity contribution is -0.132. The maximum atomic E-state index is 10.6. The number of benzene rings is 1. The van der Waals surface area contributed by atoms with Crippen molar-refractivity contribution in [3.63, 3.8) is 0 Å². The SMILES string of the molecule is C=CC(=Cc1ccc(O)c(O)c1)C(=O)O. The van der Waals surface area contributed by atoms with Gasteiger partial charge in [-0.1, -0.05) is 18.7 Å². The average Bonchev–Trinajstić information content (AvgIpc) is 2.19. The highest BCUT2D eigenvalue weighted by Crippen LogP contribution is 2.25. The molecule has 0 aliphatic rings. The predicted octanol–water partition coefficient (Wildman–Crippen LogP) is 1.75. The third-order valence-corrected chi connectivity index (χ3v) is 1.79. The summed E-state index contributed by atoms with van der Waals surface area (Å²) in [5.41, 5.74) is 0.489. The highest BCUT2D eigenvalue weighted by molar-refractivity contribution is 5.95. The molecular formula is C11H10O4. The van der Waals surface area contributed by atoms with E-state index in [2.05, 4.69) is 6.58 Å². The number of carboxylic acid groups (broad SMARTS) is 1. The van der Waals surface area contributed by atoms with Crippen molar-refractivity contribution >= 4 is 12.0 Å². The van der Waals surface area contributed by atoms with Crippen molar-refractivity contribution in [2.45, 2.75) is 0 Å². The quantitative estimate of drug-likeness (QED) is 0.400. The molecule has 0 spiro atoms. The molecule has 0 fully saturated rings. The van der Waals surface area contributed by atoms with Gasteiger partial charge in [-0.2, -0.15) is 0 Å². The van der Waals surface area contributed by atoms with Gasteiger partial charge < -0.3 is 15.3 Å². The minimum Gasteiger partial charge on any atom is -0.504 e. The van der Waals surface area contributed by atoms with E-state index < -0.39 is 5.97 Å². The topological polar surface area (TPSA) is 77.8 Å². The maximum absolute atomic E-state index is 10.6. The molecule has 0 amide bonds. The Hall–Kier alpha value is -2.23. The van der Waals surface area contributed by atoms with Gasteiger partial charge in [-0.05, 0) is 23.8 Å². The molecule has 4 heteroatoms. The molecule has 1 aromatic carbocycles. The molecule has 0 radical (unpaired) electrons. The van der Waals surface area contributed by atoms with E-state index in [-0.39, 0.29) is 17.1 Å². The number of phenols is 2. The Balaban J connectivity index is 3.12. The molecule has 0 aliphatic heterocycles. The normalized spacial score (nSPS) is 11.1. The highest BCUT2D eigenvalue weighted by Gasteiger charge is 2.04. The van der Waals surface area contributed by atoms with Crippen LogP contribution in [0.4, 0.5) is 0 Å². The molecule has 15 heavy (non-hydrogen) atoms. The summed E-state index contributed by atoms with van der Waals surface area (Å²) in [5, 5.41) is 26.9. The van der Waals surface area contributed by atoms with Crippen LogP contribution in [0.1, 0.15) is 5.56 Å². The largest absolute Gasteiger partial charge is 0.504 e. The lowest BCUT2D eigenvalue weighted by atomic mass is 10.1. The van der Waals surface area contributed by atoms with Crippen LogP contribution in [0.5, 0.6) is 11.5 Å². The standard InChI is InChI=1S/C11H10O4/c1-2-8(11(14)15)5-7-3-4-9(12)10(13)6-7/h2-6,12-13H,1H2,(H,14,15). The van der Waals surface area contributed by atoms with Gasteiger partial charge in [0.1, 0.15) is 0 Å². The third-order valence-electron chi connectivity index (χ3n) is 1.79. The minimum absolute atomic E-state index is 0.0140. The number of carboxylic acids is 1. The van der Waals surface area contributed by atoms with E-state index in [9.17, 15) is 9.90 Å². The number of phenolic OH excluding ortho intramolecular Hbond substituents is 2. The summed E-state index contributed by atoms with van der Waals surface area (Å²) in [4.78, 5) is 10.6. The van der Waals surface area contributed by atoms with Gasteiger partial charge in [0.25, 0.3) is 0 Å². The third kappa shape index (κ3) is 2.60. The van der Waals surface area contributed by atoms with Crippen LogP contribution >= 0.6 is 0 Å². The van der Waals surface area contributed by atoms with E-state index in [0.717, 1.165) is 0 Å². The molecule has 0 aromatic heterocycles. The number of carbonyl (C=O) groups is 1. The van der Waals surface area contributed by atoms with Crippen LogP contribution < -0.4 is 0 Å². The van der Waals surface area contributed by atoms with Gasteiger partial charge in [-0.25, -0.2) is 4.79 Å². The first-order chi connectivity index (χ1) is 7.04. The fourth-order valence-corrected chi connectivity index (χ4v) is 1.02. The summed E-state index contributed by atoms with van der Waals surface area (Å²) < 4.78 is 0. The number of hydrogen-bond donors (Lipinski definition) is 3. The number of hydrogen-bond acceptors (Lipinski definition) is 3. The Morgan fingerprint density at radius 3 is 2.40 bits per heavy atom. The first kappa shape index (κ1) is 10.8. The average molecular weight is 206 g/mol. The summed E-state index contributed by atoms with van der Waals surface area (Å²) >= 11 is 0. The Kier molecular flexibility index (Phi) is 3.13. The van der Waals surface area contributed by atoms with Gasteiger partial charge in [0.05, 0.1) is 5.57 Å². The molecular weight excluding hydrogens is 196 g/mol. The molecule has 0 saturated heterocycles. The monoisotopic (exact) mass is 206 g/mol. The Morgan fingerprint density at radius 2 is 1.93 bits per heavy atom. The van der Waals surface area contributed by atoms with E-state index in [1.54, 1.807) is 0 Å². The van der Waals surface area contributed by atoms with Crippen molar-refractivity contribution in [1.82, 2.24) is 0 Å². The Morgan fingerprint density at radius 1 is 1.27 bits per heavy atom.